The zero-order valence-corrected chi connectivity index (χ0v) is 8.19. The monoisotopic (exact) mass is 205 g/mol. The Morgan fingerprint density at radius 2 is 2.07 bits per heavy atom. The molecule has 0 aliphatic rings. The molecule has 0 aromatic heterocycles. The molecule has 6 heteroatoms. The fourth-order valence-corrected chi connectivity index (χ4v) is 0.799. The number of aliphatic hydroxyl groups is 1. The predicted molar refractivity (Wildman–Crippen MR) is 47.7 cm³/mol. The third kappa shape index (κ3) is 4.78. The van der Waals surface area contributed by atoms with Crippen LogP contribution >= 0.6 is 0 Å². The van der Waals surface area contributed by atoms with Crippen molar-refractivity contribution in [1.82, 2.24) is 5.32 Å². The van der Waals surface area contributed by atoms with Crippen LogP contribution < -0.4 is 5.32 Å². The van der Waals surface area contributed by atoms with Gasteiger partial charge in [0.25, 0.3) is 0 Å². The first kappa shape index (κ1) is 12.9. The molecule has 0 aromatic carbocycles. The van der Waals surface area contributed by atoms with Crippen LogP contribution in [0, 0.1) is 0 Å². The van der Waals surface area contributed by atoms with E-state index in [0.717, 1.165) is 0 Å². The lowest BCUT2D eigenvalue weighted by atomic mass is 10.2. The SMILES string of the molecule is CCOCC(=O)NC(C(=O)O)C(C)O. The van der Waals surface area contributed by atoms with Crippen molar-refractivity contribution in [3.63, 3.8) is 0 Å². The number of aliphatic carboxylic acids is 1. The molecule has 0 rings (SSSR count). The van der Waals surface area contributed by atoms with Crippen LogP contribution in [0.2, 0.25) is 0 Å². The van der Waals surface area contributed by atoms with Gasteiger partial charge in [0, 0.05) is 6.61 Å². The molecule has 0 aliphatic carbocycles. The number of carboxylic acid groups (broad SMARTS) is 1. The highest BCUT2D eigenvalue weighted by Crippen LogP contribution is 1.92. The molecule has 0 saturated carbocycles. The third-order valence-electron chi connectivity index (χ3n) is 1.50. The van der Waals surface area contributed by atoms with Crippen LogP contribution in [0.15, 0.2) is 0 Å². The summed E-state index contributed by atoms with van der Waals surface area (Å²) in [5, 5.41) is 19.8. The zero-order valence-electron chi connectivity index (χ0n) is 8.19. The summed E-state index contributed by atoms with van der Waals surface area (Å²) in [7, 11) is 0. The van der Waals surface area contributed by atoms with E-state index in [1.54, 1.807) is 6.92 Å². The van der Waals surface area contributed by atoms with Gasteiger partial charge < -0.3 is 20.3 Å². The first-order valence-electron chi connectivity index (χ1n) is 4.27. The number of carboxylic acids is 1. The summed E-state index contributed by atoms with van der Waals surface area (Å²) in [6.07, 6.45) is -1.14. The second-order valence-electron chi connectivity index (χ2n) is 2.76. The lowest BCUT2D eigenvalue weighted by molar-refractivity contribution is -0.145. The molecule has 2 atom stereocenters. The molecule has 0 radical (unpaired) electrons. The van der Waals surface area contributed by atoms with Crippen molar-refractivity contribution >= 4 is 11.9 Å². The Morgan fingerprint density at radius 3 is 2.43 bits per heavy atom. The van der Waals surface area contributed by atoms with Crippen LogP contribution in [0.1, 0.15) is 13.8 Å². The Kier molecular flexibility index (Phi) is 5.82. The van der Waals surface area contributed by atoms with E-state index >= 15 is 0 Å². The number of hydrogen-bond acceptors (Lipinski definition) is 4. The molecule has 0 aromatic rings. The number of rotatable bonds is 6. The topological polar surface area (TPSA) is 95.9 Å². The lowest BCUT2D eigenvalue weighted by Gasteiger charge is -2.16. The fourth-order valence-electron chi connectivity index (χ4n) is 0.799. The summed E-state index contributed by atoms with van der Waals surface area (Å²) < 4.78 is 4.77. The minimum absolute atomic E-state index is 0.201. The molecule has 3 N–H and O–H groups in total. The van der Waals surface area contributed by atoms with Gasteiger partial charge in [-0.1, -0.05) is 0 Å². The number of amides is 1. The van der Waals surface area contributed by atoms with E-state index in [-0.39, 0.29) is 6.61 Å². The third-order valence-corrected chi connectivity index (χ3v) is 1.50. The summed E-state index contributed by atoms with van der Waals surface area (Å²) >= 11 is 0. The van der Waals surface area contributed by atoms with Gasteiger partial charge in [0.15, 0.2) is 6.04 Å². The van der Waals surface area contributed by atoms with E-state index in [1.807, 2.05) is 0 Å². The minimum Gasteiger partial charge on any atom is -0.480 e. The maximum absolute atomic E-state index is 11.0. The van der Waals surface area contributed by atoms with E-state index < -0.39 is 24.0 Å². The fraction of sp³-hybridized carbons (Fsp3) is 0.750. The number of ether oxygens (including phenoxy) is 1. The summed E-state index contributed by atoms with van der Waals surface area (Å²) in [6.45, 7) is 3.18. The largest absolute Gasteiger partial charge is 0.480 e. The number of nitrogens with one attached hydrogen (secondary N) is 1. The normalized spacial score (nSPS) is 14.5. The highest BCUT2D eigenvalue weighted by Gasteiger charge is 2.24. The van der Waals surface area contributed by atoms with E-state index in [4.69, 9.17) is 14.9 Å². The lowest BCUT2D eigenvalue weighted by Crippen LogP contribution is -2.48. The second-order valence-corrected chi connectivity index (χ2v) is 2.76. The molecule has 0 bridgehead atoms. The molecule has 14 heavy (non-hydrogen) atoms. The highest BCUT2D eigenvalue weighted by molar-refractivity contribution is 5.84. The average Bonchev–Trinajstić information content (AvgIpc) is 2.09. The maximum atomic E-state index is 11.0. The number of carbonyl (C=O) groups excluding carboxylic acids is 1. The molecule has 0 heterocycles. The smallest absolute Gasteiger partial charge is 0.328 e. The van der Waals surface area contributed by atoms with Gasteiger partial charge in [-0.3, -0.25) is 4.79 Å². The van der Waals surface area contributed by atoms with Gasteiger partial charge in [0.2, 0.25) is 5.91 Å². The van der Waals surface area contributed by atoms with Gasteiger partial charge in [0.1, 0.15) is 6.61 Å². The van der Waals surface area contributed by atoms with Crippen LogP contribution in [-0.2, 0) is 14.3 Å². The molecule has 1 amide bonds. The standard InChI is InChI=1S/C8H15NO5/c1-3-14-4-6(11)9-7(5(2)10)8(12)13/h5,7,10H,3-4H2,1-2H3,(H,9,11)(H,12,13). The Morgan fingerprint density at radius 1 is 1.50 bits per heavy atom. The Hall–Kier alpha value is -1.14. The number of carbonyl (C=O) groups is 2. The van der Waals surface area contributed by atoms with Crippen LogP contribution in [0.3, 0.4) is 0 Å². The van der Waals surface area contributed by atoms with Gasteiger partial charge in [-0.15, -0.1) is 0 Å². The molecule has 6 nitrogen and oxygen atoms in total. The first-order valence-corrected chi connectivity index (χ1v) is 4.27. The molecule has 2 unspecified atom stereocenters. The van der Waals surface area contributed by atoms with E-state index in [0.29, 0.717) is 6.61 Å². The van der Waals surface area contributed by atoms with Crippen molar-refractivity contribution in [1.29, 1.82) is 0 Å². The summed E-state index contributed by atoms with van der Waals surface area (Å²) in [6, 6.07) is -1.29. The quantitative estimate of drug-likeness (QED) is 0.515. The molecule has 0 aliphatic heterocycles. The Balaban J connectivity index is 4.04. The minimum atomic E-state index is -1.29. The van der Waals surface area contributed by atoms with Crippen molar-refractivity contribution in [2.24, 2.45) is 0 Å². The summed E-state index contributed by atoms with van der Waals surface area (Å²) in [4.78, 5) is 21.5. The molecular formula is C8H15NO5. The Labute approximate surface area is 81.9 Å². The molecule has 0 spiro atoms. The van der Waals surface area contributed by atoms with Crippen LogP contribution in [0.5, 0.6) is 0 Å². The van der Waals surface area contributed by atoms with Crippen molar-refractivity contribution < 1.29 is 24.5 Å². The Bertz CT molecular complexity index is 204. The number of hydrogen-bond donors (Lipinski definition) is 3. The van der Waals surface area contributed by atoms with Crippen molar-refractivity contribution in [3.05, 3.63) is 0 Å². The zero-order chi connectivity index (χ0) is 11.1. The number of aliphatic hydroxyl groups excluding tert-OH is 1. The van der Waals surface area contributed by atoms with Gasteiger partial charge in [-0.05, 0) is 13.8 Å². The van der Waals surface area contributed by atoms with E-state index in [1.165, 1.54) is 6.92 Å². The van der Waals surface area contributed by atoms with Crippen LogP contribution in [-0.4, -0.2) is 47.4 Å². The van der Waals surface area contributed by atoms with Gasteiger partial charge in [0.05, 0.1) is 6.10 Å². The molecule has 82 valence electrons. The van der Waals surface area contributed by atoms with Crippen molar-refractivity contribution in [2.45, 2.75) is 26.0 Å². The van der Waals surface area contributed by atoms with Crippen LogP contribution in [0.25, 0.3) is 0 Å². The van der Waals surface area contributed by atoms with E-state index in [2.05, 4.69) is 5.32 Å². The maximum Gasteiger partial charge on any atom is 0.328 e. The summed E-state index contributed by atoms with van der Waals surface area (Å²) in [5.74, 6) is -1.83. The van der Waals surface area contributed by atoms with Crippen LogP contribution in [0.4, 0.5) is 0 Å². The summed E-state index contributed by atoms with van der Waals surface area (Å²) in [5.41, 5.74) is 0. The van der Waals surface area contributed by atoms with Crippen molar-refractivity contribution in [3.8, 4) is 0 Å². The van der Waals surface area contributed by atoms with Gasteiger partial charge >= 0.3 is 5.97 Å². The second kappa shape index (κ2) is 6.33. The molecule has 0 saturated heterocycles. The van der Waals surface area contributed by atoms with E-state index in [9.17, 15) is 9.59 Å². The van der Waals surface area contributed by atoms with Gasteiger partial charge in [-0.25, -0.2) is 4.79 Å². The first-order chi connectivity index (χ1) is 6.49. The average molecular weight is 205 g/mol. The van der Waals surface area contributed by atoms with Crippen molar-refractivity contribution in [2.75, 3.05) is 13.2 Å². The van der Waals surface area contributed by atoms with Gasteiger partial charge in [-0.2, -0.15) is 0 Å². The molecular weight excluding hydrogens is 190 g/mol. The molecule has 0 fully saturated rings. The highest BCUT2D eigenvalue weighted by atomic mass is 16.5. The predicted octanol–water partition coefficient (Wildman–Crippen LogP) is -1.03.